The van der Waals surface area contributed by atoms with Gasteiger partial charge in [-0.2, -0.15) is 13.2 Å². The Morgan fingerprint density at radius 2 is 1.90 bits per heavy atom. The number of aliphatic hydroxyl groups is 2. The summed E-state index contributed by atoms with van der Waals surface area (Å²) in [4.78, 5) is 10.7. The molecule has 2 unspecified atom stereocenters. The maximum absolute atomic E-state index is 12.9. The Morgan fingerprint density at radius 1 is 1.30 bits per heavy atom. The summed E-state index contributed by atoms with van der Waals surface area (Å²) in [5, 5.41) is 28.0. The van der Waals surface area contributed by atoms with E-state index in [0.717, 1.165) is 12.1 Å². The summed E-state index contributed by atoms with van der Waals surface area (Å²) in [6.45, 7) is 0. The first-order chi connectivity index (χ1) is 9.18. The lowest BCUT2D eigenvalue weighted by Gasteiger charge is -2.21. The van der Waals surface area contributed by atoms with Crippen LogP contribution < -0.4 is 0 Å². The normalized spacial score (nSPS) is 14.9. The van der Waals surface area contributed by atoms with Gasteiger partial charge in [0.15, 0.2) is 0 Å². The standard InChI is InChI=1S/C12H12ClF3O4/c13-4-3-9(17)10(18)7-2-1-6(11(19)20)5-8(7)12(14,15)16/h1-2,5,9-10,17-18H,3-4H2,(H,19,20). The van der Waals surface area contributed by atoms with E-state index < -0.39 is 41.0 Å². The molecule has 0 spiro atoms. The molecule has 4 nitrogen and oxygen atoms in total. The fourth-order valence-electron chi connectivity index (χ4n) is 1.67. The molecule has 20 heavy (non-hydrogen) atoms. The molecule has 0 aliphatic heterocycles. The molecule has 0 aliphatic carbocycles. The van der Waals surface area contributed by atoms with Crippen LogP contribution in [0.25, 0.3) is 0 Å². The third-order valence-electron chi connectivity index (χ3n) is 2.69. The van der Waals surface area contributed by atoms with Crippen molar-refractivity contribution >= 4 is 17.6 Å². The van der Waals surface area contributed by atoms with E-state index in [-0.39, 0.29) is 12.3 Å². The summed E-state index contributed by atoms with van der Waals surface area (Å²) in [6.07, 6.45) is -8.21. The number of carboxylic acid groups (broad SMARTS) is 1. The number of carbonyl (C=O) groups is 1. The van der Waals surface area contributed by atoms with Crippen molar-refractivity contribution in [1.29, 1.82) is 0 Å². The number of hydrogen-bond acceptors (Lipinski definition) is 3. The van der Waals surface area contributed by atoms with Crippen molar-refractivity contribution in [3.05, 3.63) is 34.9 Å². The van der Waals surface area contributed by atoms with Crippen LogP contribution in [0.5, 0.6) is 0 Å². The Bertz CT molecular complexity index is 490. The molecule has 0 radical (unpaired) electrons. The van der Waals surface area contributed by atoms with Gasteiger partial charge in [-0.25, -0.2) is 4.79 Å². The monoisotopic (exact) mass is 312 g/mol. The van der Waals surface area contributed by atoms with Crippen molar-refractivity contribution in [2.45, 2.75) is 24.8 Å². The second-order valence-corrected chi connectivity index (χ2v) is 4.47. The lowest BCUT2D eigenvalue weighted by atomic mass is 9.95. The first-order valence-corrected chi connectivity index (χ1v) is 6.08. The minimum atomic E-state index is -4.84. The van der Waals surface area contributed by atoms with Gasteiger partial charge in [0.05, 0.1) is 17.2 Å². The Morgan fingerprint density at radius 3 is 2.35 bits per heavy atom. The van der Waals surface area contributed by atoms with Crippen LogP contribution in [0, 0.1) is 0 Å². The highest BCUT2D eigenvalue weighted by atomic mass is 35.5. The van der Waals surface area contributed by atoms with Crippen LogP contribution in [0.2, 0.25) is 0 Å². The molecule has 8 heteroatoms. The molecule has 0 amide bonds. The van der Waals surface area contributed by atoms with E-state index in [0.29, 0.717) is 6.07 Å². The Balaban J connectivity index is 3.28. The van der Waals surface area contributed by atoms with Crippen LogP contribution in [-0.4, -0.2) is 33.3 Å². The fourth-order valence-corrected chi connectivity index (χ4v) is 1.89. The van der Waals surface area contributed by atoms with Crippen LogP contribution in [0.15, 0.2) is 18.2 Å². The largest absolute Gasteiger partial charge is 0.478 e. The van der Waals surface area contributed by atoms with Gasteiger partial charge in [-0.05, 0) is 24.1 Å². The van der Waals surface area contributed by atoms with E-state index in [2.05, 4.69) is 0 Å². The molecule has 0 saturated carbocycles. The third kappa shape index (κ3) is 3.84. The Labute approximate surface area is 117 Å². The van der Waals surface area contributed by atoms with Gasteiger partial charge in [0, 0.05) is 5.88 Å². The van der Waals surface area contributed by atoms with Crippen LogP contribution in [0.3, 0.4) is 0 Å². The molecule has 0 bridgehead atoms. The summed E-state index contributed by atoms with van der Waals surface area (Å²) in [5.41, 5.74) is -2.43. The van der Waals surface area contributed by atoms with Crippen molar-refractivity contribution in [1.82, 2.24) is 0 Å². The number of aliphatic hydroxyl groups excluding tert-OH is 2. The fraction of sp³-hybridized carbons (Fsp3) is 0.417. The van der Waals surface area contributed by atoms with Crippen LogP contribution in [-0.2, 0) is 6.18 Å². The predicted molar refractivity (Wildman–Crippen MR) is 64.7 cm³/mol. The molecular weight excluding hydrogens is 301 g/mol. The highest BCUT2D eigenvalue weighted by molar-refractivity contribution is 6.17. The summed E-state index contributed by atoms with van der Waals surface area (Å²) >= 11 is 5.35. The molecule has 0 aromatic heterocycles. The number of alkyl halides is 4. The number of halogens is 4. The summed E-state index contributed by atoms with van der Waals surface area (Å²) in [7, 11) is 0. The molecule has 1 aromatic rings. The van der Waals surface area contributed by atoms with Gasteiger partial charge in [0.1, 0.15) is 6.10 Å². The van der Waals surface area contributed by atoms with Gasteiger partial charge in [-0.3, -0.25) is 0 Å². The number of hydrogen-bond donors (Lipinski definition) is 3. The molecule has 1 aromatic carbocycles. The molecule has 0 saturated heterocycles. The van der Waals surface area contributed by atoms with E-state index in [1.54, 1.807) is 0 Å². The smallest absolute Gasteiger partial charge is 0.416 e. The molecule has 2 atom stereocenters. The number of aromatic carboxylic acids is 1. The summed E-state index contributed by atoms with van der Waals surface area (Å²) in [5.74, 6) is -1.55. The summed E-state index contributed by atoms with van der Waals surface area (Å²) in [6, 6.07) is 2.20. The minimum Gasteiger partial charge on any atom is -0.478 e. The highest BCUT2D eigenvalue weighted by Crippen LogP contribution is 2.36. The number of carboxylic acids is 1. The summed E-state index contributed by atoms with van der Waals surface area (Å²) < 4.78 is 38.7. The highest BCUT2D eigenvalue weighted by Gasteiger charge is 2.37. The van der Waals surface area contributed by atoms with Gasteiger partial charge in [-0.15, -0.1) is 11.6 Å². The number of rotatable bonds is 5. The Kier molecular flexibility index (Phi) is 5.38. The zero-order valence-corrected chi connectivity index (χ0v) is 10.8. The van der Waals surface area contributed by atoms with Crippen LogP contribution in [0.4, 0.5) is 13.2 Å². The third-order valence-corrected chi connectivity index (χ3v) is 2.91. The van der Waals surface area contributed by atoms with Gasteiger partial charge in [0.25, 0.3) is 0 Å². The molecular formula is C12H12ClF3O4. The van der Waals surface area contributed by atoms with Crippen LogP contribution >= 0.6 is 11.6 Å². The van der Waals surface area contributed by atoms with Crippen molar-refractivity contribution in [2.24, 2.45) is 0 Å². The molecule has 0 fully saturated rings. The zero-order chi connectivity index (χ0) is 15.5. The maximum atomic E-state index is 12.9. The minimum absolute atomic E-state index is 0.0349. The molecule has 1 rings (SSSR count). The van der Waals surface area contributed by atoms with Crippen LogP contribution in [0.1, 0.15) is 34.0 Å². The molecule has 112 valence electrons. The van der Waals surface area contributed by atoms with E-state index in [9.17, 15) is 28.2 Å². The zero-order valence-electron chi connectivity index (χ0n) is 10.1. The predicted octanol–water partition coefficient (Wildman–Crippen LogP) is 2.43. The van der Waals surface area contributed by atoms with Gasteiger partial charge < -0.3 is 15.3 Å². The lowest BCUT2D eigenvalue weighted by molar-refractivity contribution is -0.140. The van der Waals surface area contributed by atoms with Gasteiger partial charge >= 0.3 is 12.1 Å². The first-order valence-electron chi connectivity index (χ1n) is 5.55. The topological polar surface area (TPSA) is 77.8 Å². The molecule has 0 heterocycles. The van der Waals surface area contributed by atoms with E-state index >= 15 is 0 Å². The molecule has 0 aliphatic rings. The second kappa shape index (κ2) is 6.43. The lowest BCUT2D eigenvalue weighted by Crippen LogP contribution is -2.22. The maximum Gasteiger partial charge on any atom is 0.416 e. The number of benzene rings is 1. The quantitative estimate of drug-likeness (QED) is 0.730. The van der Waals surface area contributed by atoms with E-state index in [1.807, 2.05) is 0 Å². The average molecular weight is 313 g/mol. The van der Waals surface area contributed by atoms with E-state index in [4.69, 9.17) is 16.7 Å². The Hall–Kier alpha value is -1.31. The average Bonchev–Trinajstić information content (AvgIpc) is 2.36. The van der Waals surface area contributed by atoms with Gasteiger partial charge in [0.2, 0.25) is 0 Å². The van der Waals surface area contributed by atoms with Crippen molar-refractivity contribution < 1.29 is 33.3 Å². The SMILES string of the molecule is O=C(O)c1ccc(C(O)C(O)CCCl)c(C(F)(F)F)c1. The van der Waals surface area contributed by atoms with Crippen molar-refractivity contribution in [3.8, 4) is 0 Å². The van der Waals surface area contributed by atoms with Crippen molar-refractivity contribution in [2.75, 3.05) is 5.88 Å². The van der Waals surface area contributed by atoms with E-state index in [1.165, 1.54) is 0 Å². The molecule has 3 N–H and O–H groups in total. The van der Waals surface area contributed by atoms with Crippen molar-refractivity contribution in [3.63, 3.8) is 0 Å². The van der Waals surface area contributed by atoms with Gasteiger partial charge in [-0.1, -0.05) is 6.07 Å². The first kappa shape index (κ1) is 16.7. The second-order valence-electron chi connectivity index (χ2n) is 4.09.